The highest BCUT2D eigenvalue weighted by molar-refractivity contribution is 6.00. The molecule has 3 N–H and O–H groups in total. The first-order valence-corrected chi connectivity index (χ1v) is 7.37. The second-order valence-corrected chi connectivity index (χ2v) is 5.39. The van der Waals surface area contributed by atoms with Crippen molar-refractivity contribution in [3.05, 3.63) is 59.7 Å². The molecule has 0 unspecified atom stereocenters. The molecule has 2 amide bonds. The first-order chi connectivity index (χ1) is 11.0. The number of para-hydroxylation sites is 2. The number of carbonyl (C=O) groups is 2. The van der Waals surface area contributed by atoms with Gasteiger partial charge in [0.1, 0.15) is 6.10 Å². The van der Waals surface area contributed by atoms with Gasteiger partial charge in [-0.05, 0) is 37.1 Å². The van der Waals surface area contributed by atoms with Gasteiger partial charge in [-0.2, -0.15) is 0 Å². The Labute approximate surface area is 135 Å². The largest absolute Gasteiger partial charge is 0.383 e. The highest BCUT2D eigenvalue weighted by Crippen LogP contribution is 2.15. The second-order valence-electron chi connectivity index (χ2n) is 5.39. The van der Waals surface area contributed by atoms with E-state index in [0.29, 0.717) is 11.4 Å². The smallest absolute Gasteiger partial charge is 0.253 e. The maximum Gasteiger partial charge on any atom is 0.253 e. The van der Waals surface area contributed by atoms with Crippen LogP contribution in [0.2, 0.25) is 0 Å². The van der Waals surface area contributed by atoms with Crippen LogP contribution in [0.15, 0.2) is 48.5 Å². The molecule has 2 aromatic rings. The number of aryl methyl sites for hydroxylation is 2. The van der Waals surface area contributed by atoms with Gasteiger partial charge in [-0.1, -0.05) is 36.4 Å². The van der Waals surface area contributed by atoms with Crippen molar-refractivity contribution in [3.8, 4) is 0 Å². The van der Waals surface area contributed by atoms with Gasteiger partial charge >= 0.3 is 0 Å². The van der Waals surface area contributed by atoms with E-state index in [1.807, 2.05) is 44.2 Å². The molecule has 0 saturated heterocycles. The molecule has 23 heavy (non-hydrogen) atoms. The number of nitrogens with one attached hydrogen (secondary N) is 2. The summed E-state index contributed by atoms with van der Waals surface area (Å²) in [5.41, 5.74) is 3.09. The molecule has 0 bridgehead atoms. The van der Waals surface area contributed by atoms with Gasteiger partial charge in [0.05, 0.1) is 6.42 Å². The first kappa shape index (κ1) is 16.7. The van der Waals surface area contributed by atoms with E-state index in [2.05, 4.69) is 10.6 Å². The van der Waals surface area contributed by atoms with Gasteiger partial charge in [-0.15, -0.1) is 0 Å². The number of hydrogen-bond acceptors (Lipinski definition) is 3. The molecule has 0 saturated carbocycles. The third-order valence-electron chi connectivity index (χ3n) is 3.50. The van der Waals surface area contributed by atoms with Crippen LogP contribution in [0.5, 0.6) is 0 Å². The van der Waals surface area contributed by atoms with E-state index in [1.165, 1.54) is 0 Å². The molecule has 0 aliphatic rings. The van der Waals surface area contributed by atoms with Crippen molar-refractivity contribution in [2.75, 3.05) is 10.6 Å². The fourth-order valence-corrected chi connectivity index (χ4v) is 2.11. The van der Waals surface area contributed by atoms with Gasteiger partial charge in [0.2, 0.25) is 5.91 Å². The average molecular weight is 312 g/mol. The number of amides is 2. The maximum absolute atomic E-state index is 12.0. The zero-order valence-electron chi connectivity index (χ0n) is 13.2. The third kappa shape index (κ3) is 4.66. The van der Waals surface area contributed by atoms with Gasteiger partial charge in [0, 0.05) is 11.4 Å². The van der Waals surface area contributed by atoms with Crippen LogP contribution >= 0.6 is 0 Å². The van der Waals surface area contributed by atoms with Crippen molar-refractivity contribution in [1.29, 1.82) is 0 Å². The Morgan fingerprint density at radius 3 is 1.91 bits per heavy atom. The lowest BCUT2D eigenvalue weighted by molar-refractivity contribution is -0.128. The Morgan fingerprint density at radius 2 is 1.39 bits per heavy atom. The summed E-state index contributed by atoms with van der Waals surface area (Å²) in [7, 11) is 0. The summed E-state index contributed by atoms with van der Waals surface area (Å²) in [4.78, 5) is 23.9. The lowest BCUT2D eigenvalue weighted by Crippen LogP contribution is -2.32. The minimum Gasteiger partial charge on any atom is -0.383 e. The second kappa shape index (κ2) is 7.56. The van der Waals surface area contributed by atoms with Crippen molar-refractivity contribution in [1.82, 2.24) is 0 Å². The molecule has 0 heterocycles. The lowest BCUT2D eigenvalue weighted by atomic mass is 10.1. The predicted molar refractivity (Wildman–Crippen MR) is 90.2 cm³/mol. The molecule has 0 fully saturated rings. The Morgan fingerprint density at radius 1 is 0.913 bits per heavy atom. The first-order valence-electron chi connectivity index (χ1n) is 7.37. The molecule has 0 spiro atoms. The van der Waals surface area contributed by atoms with Crippen LogP contribution in [0, 0.1) is 13.8 Å². The fraction of sp³-hybridized carbons (Fsp3) is 0.222. The maximum atomic E-state index is 12.0. The minimum absolute atomic E-state index is 0.300. The molecular formula is C18H20N2O3. The van der Waals surface area contributed by atoms with Gasteiger partial charge < -0.3 is 15.7 Å². The monoisotopic (exact) mass is 312 g/mol. The van der Waals surface area contributed by atoms with E-state index < -0.39 is 17.9 Å². The summed E-state index contributed by atoms with van der Waals surface area (Å²) in [5, 5.41) is 15.2. The number of hydrogen-bond donors (Lipinski definition) is 3. The van der Waals surface area contributed by atoms with Crippen LogP contribution in [-0.2, 0) is 9.59 Å². The zero-order valence-corrected chi connectivity index (χ0v) is 13.2. The summed E-state index contributed by atoms with van der Waals surface area (Å²) in [6.45, 7) is 3.73. The predicted octanol–water partition coefficient (Wildman–Crippen LogP) is 2.63. The van der Waals surface area contributed by atoms with Crippen LogP contribution in [0.25, 0.3) is 0 Å². The van der Waals surface area contributed by atoms with Gasteiger partial charge in [0.15, 0.2) is 0 Å². The fourth-order valence-electron chi connectivity index (χ4n) is 2.11. The van der Waals surface area contributed by atoms with Crippen molar-refractivity contribution in [2.24, 2.45) is 0 Å². The number of aliphatic hydroxyl groups is 1. The molecule has 0 aliphatic carbocycles. The Bertz CT molecular complexity index is 713. The topological polar surface area (TPSA) is 78.4 Å². The van der Waals surface area contributed by atoms with Gasteiger partial charge in [0.25, 0.3) is 5.91 Å². The molecule has 1 atom stereocenters. The summed E-state index contributed by atoms with van der Waals surface area (Å²) < 4.78 is 0. The average Bonchev–Trinajstić information content (AvgIpc) is 2.51. The van der Waals surface area contributed by atoms with Crippen LogP contribution in [0.3, 0.4) is 0 Å². The molecular weight excluding hydrogens is 292 g/mol. The van der Waals surface area contributed by atoms with Crippen molar-refractivity contribution < 1.29 is 14.7 Å². The summed E-state index contributed by atoms with van der Waals surface area (Å²) in [6, 6.07) is 14.6. The van der Waals surface area contributed by atoms with E-state index in [4.69, 9.17) is 0 Å². The van der Waals surface area contributed by atoms with Gasteiger partial charge in [-0.25, -0.2) is 0 Å². The van der Waals surface area contributed by atoms with Crippen molar-refractivity contribution >= 4 is 23.2 Å². The highest BCUT2D eigenvalue weighted by Gasteiger charge is 2.20. The number of aliphatic hydroxyl groups excluding tert-OH is 1. The van der Waals surface area contributed by atoms with Crippen molar-refractivity contribution in [3.63, 3.8) is 0 Å². The quantitative estimate of drug-likeness (QED) is 0.794. The number of carbonyl (C=O) groups excluding carboxylic acids is 2. The Balaban J connectivity index is 1.92. The molecule has 2 aromatic carbocycles. The van der Waals surface area contributed by atoms with Crippen LogP contribution < -0.4 is 10.6 Å². The van der Waals surface area contributed by atoms with Crippen LogP contribution in [-0.4, -0.2) is 23.0 Å². The van der Waals surface area contributed by atoms with Crippen LogP contribution in [0.1, 0.15) is 17.5 Å². The molecule has 5 heteroatoms. The molecule has 0 aromatic heterocycles. The zero-order chi connectivity index (χ0) is 16.8. The van der Waals surface area contributed by atoms with E-state index in [9.17, 15) is 14.7 Å². The van der Waals surface area contributed by atoms with Crippen LogP contribution in [0.4, 0.5) is 11.4 Å². The third-order valence-corrected chi connectivity index (χ3v) is 3.50. The summed E-state index contributed by atoms with van der Waals surface area (Å²) >= 11 is 0. The molecule has 0 aliphatic heterocycles. The Hall–Kier alpha value is -2.66. The van der Waals surface area contributed by atoms with E-state index in [-0.39, 0.29) is 6.42 Å². The summed E-state index contributed by atoms with van der Waals surface area (Å²) in [6.07, 6.45) is -1.70. The minimum atomic E-state index is -1.40. The molecule has 5 nitrogen and oxygen atoms in total. The summed E-state index contributed by atoms with van der Waals surface area (Å²) in [5.74, 6) is -1.01. The van der Waals surface area contributed by atoms with E-state index in [1.54, 1.807) is 18.2 Å². The van der Waals surface area contributed by atoms with Gasteiger partial charge in [-0.3, -0.25) is 9.59 Å². The van der Waals surface area contributed by atoms with Crippen molar-refractivity contribution in [2.45, 2.75) is 26.4 Å². The lowest BCUT2D eigenvalue weighted by Gasteiger charge is -2.13. The highest BCUT2D eigenvalue weighted by atomic mass is 16.3. The SMILES string of the molecule is Cc1ccccc1NC(=O)C[C@@H](O)C(=O)Nc1ccccc1C. The normalized spacial score (nSPS) is 11.6. The number of anilines is 2. The van der Waals surface area contributed by atoms with E-state index >= 15 is 0 Å². The number of rotatable bonds is 5. The number of benzene rings is 2. The standard InChI is InChI=1S/C18H20N2O3/c1-12-7-3-5-9-14(12)19-17(22)11-16(21)18(23)20-15-10-6-4-8-13(15)2/h3-10,16,21H,11H2,1-2H3,(H,19,22)(H,20,23)/t16-/m1/s1. The molecule has 0 radical (unpaired) electrons. The van der Waals surface area contributed by atoms with E-state index in [0.717, 1.165) is 11.1 Å². The Kier molecular flexibility index (Phi) is 5.49. The molecule has 120 valence electrons. The molecule has 2 rings (SSSR count).